The van der Waals surface area contributed by atoms with E-state index in [0.29, 0.717) is 29.5 Å². The predicted molar refractivity (Wildman–Crippen MR) is 66.1 cm³/mol. The zero-order valence-electron chi connectivity index (χ0n) is 10.7. The Balaban J connectivity index is 2.11. The molecule has 1 aromatic heterocycles. The first kappa shape index (κ1) is 13.1. The third-order valence-corrected chi connectivity index (χ3v) is 2.68. The molecule has 0 atom stereocenters. The number of nitrogens with zero attached hydrogens (tertiary/aromatic N) is 2. The van der Waals surface area contributed by atoms with E-state index in [1.54, 1.807) is 19.1 Å². The van der Waals surface area contributed by atoms with Crippen molar-refractivity contribution in [3.05, 3.63) is 41.1 Å². The summed E-state index contributed by atoms with van der Waals surface area (Å²) in [4.78, 5) is 11.0. The first-order chi connectivity index (χ1) is 9.11. The molecule has 0 unspecified atom stereocenters. The van der Waals surface area contributed by atoms with Gasteiger partial charge in [0.15, 0.2) is 6.61 Å². The molecule has 6 nitrogen and oxygen atoms in total. The molecule has 0 amide bonds. The Kier molecular flexibility index (Phi) is 3.79. The van der Waals surface area contributed by atoms with Crippen LogP contribution in [0, 0.1) is 6.92 Å². The molecule has 0 aliphatic rings. The van der Waals surface area contributed by atoms with E-state index in [1.165, 1.54) is 6.07 Å². The van der Waals surface area contributed by atoms with Crippen LogP contribution in [0.25, 0.3) is 0 Å². The lowest BCUT2D eigenvalue weighted by molar-refractivity contribution is 0.0695. The molecule has 1 N–H and O–H groups in total. The summed E-state index contributed by atoms with van der Waals surface area (Å²) in [6, 6.07) is 4.88. The maximum Gasteiger partial charge on any atom is 0.336 e. The van der Waals surface area contributed by atoms with E-state index in [0.717, 1.165) is 0 Å². The molecule has 0 saturated carbocycles. The third-order valence-electron chi connectivity index (χ3n) is 2.68. The molecule has 19 heavy (non-hydrogen) atoms. The molecule has 0 saturated heterocycles. The van der Waals surface area contributed by atoms with Gasteiger partial charge < -0.3 is 14.3 Å². The van der Waals surface area contributed by atoms with Crippen LogP contribution in [-0.4, -0.2) is 21.3 Å². The van der Waals surface area contributed by atoms with Gasteiger partial charge in [-0.25, -0.2) is 4.79 Å². The van der Waals surface area contributed by atoms with Gasteiger partial charge in [-0.15, -0.1) is 10.2 Å². The van der Waals surface area contributed by atoms with Gasteiger partial charge in [0.25, 0.3) is 5.89 Å². The van der Waals surface area contributed by atoms with E-state index in [-0.39, 0.29) is 12.2 Å². The van der Waals surface area contributed by atoms with Gasteiger partial charge >= 0.3 is 5.97 Å². The highest BCUT2D eigenvalue weighted by Gasteiger charge is 2.12. The zero-order chi connectivity index (χ0) is 13.8. The van der Waals surface area contributed by atoms with Gasteiger partial charge in [-0.2, -0.15) is 0 Å². The number of carboxylic acids is 1. The Hall–Kier alpha value is -2.37. The van der Waals surface area contributed by atoms with Crippen molar-refractivity contribution in [3.8, 4) is 5.75 Å². The number of carbonyl (C=O) groups is 1. The second-order valence-electron chi connectivity index (χ2n) is 3.97. The Morgan fingerprint density at radius 3 is 2.74 bits per heavy atom. The molecule has 0 aliphatic heterocycles. The fourth-order valence-electron chi connectivity index (χ4n) is 1.63. The van der Waals surface area contributed by atoms with E-state index in [2.05, 4.69) is 10.2 Å². The molecule has 2 aromatic rings. The zero-order valence-corrected chi connectivity index (χ0v) is 10.7. The largest absolute Gasteiger partial charge is 0.484 e. The van der Waals surface area contributed by atoms with Crippen LogP contribution in [0.3, 0.4) is 0 Å². The molecule has 0 spiro atoms. The Morgan fingerprint density at radius 1 is 1.37 bits per heavy atom. The lowest BCUT2D eigenvalue weighted by Crippen LogP contribution is -2.03. The molecule has 6 heteroatoms. The summed E-state index contributed by atoms with van der Waals surface area (Å²) in [5.41, 5.74) is 0.794. The molecule has 0 radical (unpaired) electrons. The van der Waals surface area contributed by atoms with E-state index in [1.807, 2.05) is 6.92 Å². The fourth-order valence-corrected chi connectivity index (χ4v) is 1.63. The summed E-state index contributed by atoms with van der Waals surface area (Å²) in [6.45, 7) is 3.74. The minimum Gasteiger partial charge on any atom is -0.484 e. The predicted octanol–water partition coefficient (Wildman–Crippen LogP) is 2.22. The van der Waals surface area contributed by atoms with Crippen molar-refractivity contribution in [2.24, 2.45) is 0 Å². The average Bonchev–Trinajstić information content (AvgIpc) is 2.85. The normalized spacial score (nSPS) is 10.4. The maximum atomic E-state index is 11.0. The van der Waals surface area contributed by atoms with Crippen molar-refractivity contribution >= 4 is 5.97 Å². The molecule has 100 valence electrons. The van der Waals surface area contributed by atoms with Gasteiger partial charge in [0.2, 0.25) is 5.89 Å². The Labute approximate surface area is 110 Å². The van der Waals surface area contributed by atoms with Crippen LogP contribution in [0.2, 0.25) is 0 Å². The van der Waals surface area contributed by atoms with Gasteiger partial charge in [-0.1, -0.05) is 13.0 Å². The molecular weight excluding hydrogens is 248 g/mol. The molecular formula is C13H14N2O4. The second kappa shape index (κ2) is 5.51. The molecule has 2 rings (SSSR count). The van der Waals surface area contributed by atoms with E-state index < -0.39 is 5.97 Å². The average molecular weight is 262 g/mol. The van der Waals surface area contributed by atoms with Crippen molar-refractivity contribution in [2.45, 2.75) is 26.9 Å². The van der Waals surface area contributed by atoms with Crippen molar-refractivity contribution < 1.29 is 19.1 Å². The standard InChI is InChI=1S/C13H14N2O4/c1-3-11-14-15-12(19-11)7-18-10-6-4-5-9(8(10)2)13(16)17/h4-6H,3,7H2,1-2H3,(H,16,17). The number of rotatable bonds is 5. The number of benzene rings is 1. The number of hydrogen-bond donors (Lipinski definition) is 1. The highest BCUT2D eigenvalue weighted by molar-refractivity contribution is 5.90. The maximum absolute atomic E-state index is 11.0. The third kappa shape index (κ3) is 2.90. The van der Waals surface area contributed by atoms with Crippen LogP contribution < -0.4 is 4.74 Å². The number of ether oxygens (including phenoxy) is 1. The summed E-state index contributed by atoms with van der Waals surface area (Å²) in [5, 5.41) is 16.7. The van der Waals surface area contributed by atoms with Crippen molar-refractivity contribution in [1.82, 2.24) is 10.2 Å². The highest BCUT2D eigenvalue weighted by atomic mass is 16.5. The molecule has 1 aromatic carbocycles. The van der Waals surface area contributed by atoms with Crippen LogP contribution in [0.4, 0.5) is 0 Å². The summed E-state index contributed by atoms with van der Waals surface area (Å²) >= 11 is 0. The lowest BCUT2D eigenvalue weighted by Gasteiger charge is -2.08. The van der Waals surface area contributed by atoms with Gasteiger partial charge in [-0.05, 0) is 19.1 Å². The summed E-state index contributed by atoms with van der Waals surface area (Å²) in [7, 11) is 0. The van der Waals surface area contributed by atoms with Gasteiger partial charge in [0, 0.05) is 12.0 Å². The number of aromatic carboxylic acids is 1. The van der Waals surface area contributed by atoms with E-state index >= 15 is 0 Å². The van der Waals surface area contributed by atoms with Gasteiger partial charge in [-0.3, -0.25) is 0 Å². The second-order valence-corrected chi connectivity index (χ2v) is 3.97. The lowest BCUT2D eigenvalue weighted by atomic mass is 10.1. The molecule has 0 bridgehead atoms. The van der Waals surface area contributed by atoms with E-state index in [9.17, 15) is 4.79 Å². The molecule has 1 heterocycles. The van der Waals surface area contributed by atoms with Gasteiger partial charge in [0.1, 0.15) is 5.75 Å². The number of hydrogen-bond acceptors (Lipinski definition) is 5. The summed E-state index contributed by atoms with van der Waals surface area (Å²) in [5.74, 6) is 0.441. The monoisotopic (exact) mass is 262 g/mol. The summed E-state index contributed by atoms with van der Waals surface area (Å²) in [6.07, 6.45) is 0.667. The quantitative estimate of drug-likeness (QED) is 0.889. The van der Waals surface area contributed by atoms with Crippen LogP contribution in [-0.2, 0) is 13.0 Å². The number of carboxylic acid groups (broad SMARTS) is 1. The van der Waals surface area contributed by atoms with Crippen LogP contribution in [0.5, 0.6) is 5.75 Å². The highest BCUT2D eigenvalue weighted by Crippen LogP contribution is 2.22. The van der Waals surface area contributed by atoms with Gasteiger partial charge in [0.05, 0.1) is 5.56 Å². The first-order valence-corrected chi connectivity index (χ1v) is 5.88. The van der Waals surface area contributed by atoms with Crippen molar-refractivity contribution in [1.29, 1.82) is 0 Å². The van der Waals surface area contributed by atoms with Crippen LogP contribution >= 0.6 is 0 Å². The topological polar surface area (TPSA) is 85.5 Å². The smallest absolute Gasteiger partial charge is 0.336 e. The van der Waals surface area contributed by atoms with Crippen molar-refractivity contribution in [2.75, 3.05) is 0 Å². The Bertz CT molecular complexity index is 592. The minimum absolute atomic E-state index is 0.122. The van der Waals surface area contributed by atoms with E-state index in [4.69, 9.17) is 14.3 Å². The van der Waals surface area contributed by atoms with Crippen LogP contribution in [0.15, 0.2) is 22.6 Å². The molecule has 0 aliphatic carbocycles. The van der Waals surface area contributed by atoms with Crippen molar-refractivity contribution in [3.63, 3.8) is 0 Å². The summed E-state index contributed by atoms with van der Waals surface area (Å²) < 4.78 is 10.8. The first-order valence-electron chi connectivity index (χ1n) is 5.88. The molecule has 0 fully saturated rings. The fraction of sp³-hybridized carbons (Fsp3) is 0.308. The minimum atomic E-state index is -0.978. The van der Waals surface area contributed by atoms with Crippen LogP contribution in [0.1, 0.15) is 34.6 Å². The number of aromatic nitrogens is 2. The number of aryl methyl sites for hydroxylation is 1. The SMILES string of the molecule is CCc1nnc(COc2cccc(C(=O)O)c2C)o1. The Morgan fingerprint density at radius 2 is 2.11 bits per heavy atom.